The first kappa shape index (κ1) is 21.4. The Labute approximate surface area is 184 Å². The predicted octanol–water partition coefficient (Wildman–Crippen LogP) is 5.32. The fourth-order valence-electron chi connectivity index (χ4n) is 3.54. The van der Waals surface area contributed by atoms with Gasteiger partial charge < -0.3 is 4.74 Å². The Balaban J connectivity index is 1.72. The molecule has 0 fully saturated rings. The molecule has 162 valence electrons. The molecule has 0 radical (unpaired) electrons. The van der Waals surface area contributed by atoms with E-state index in [0.29, 0.717) is 23.2 Å². The van der Waals surface area contributed by atoms with Crippen molar-refractivity contribution in [1.29, 1.82) is 0 Å². The lowest BCUT2D eigenvalue weighted by Gasteiger charge is -2.17. The van der Waals surface area contributed by atoms with Crippen LogP contribution < -0.4 is 10.3 Å². The molecule has 1 heterocycles. The summed E-state index contributed by atoms with van der Waals surface area (Å²) >= 11 is 0. The molecule has 4 nitrogen and oxygen atoms in total. The third-order valence-corrected chi connectivity index (χ3v) is 5.13. The second kappa shape index (κ2) is 9.56. The highest BCUT2D eigenvalue weighted by molar-refractivity contribution is 5.65. The Hall–Kier alpha value is -3.80. The van der Waals surface area contributed by atoms with Crippen LogP contribution in [-0.2, 0) is 19.6 Å². The van der Waals surface area contributed by atoms with Gasteiger partial charge in [0.05, 0.1) is 5.56 Å². The van der Waals surface area contributed by atoms with Crippen LogP contribution in [0.3, 0.4) is 0 Å². The van der Waals surface area contributed by atoms with Crippen molar-refractivity contribution in [3.63, 3.8) is 0 Å². The highest BCUT2D eigenvalue weighted by Crippen LogP contribution is 2.32. The van der Waals surface area contributed by atoms with Gasteiger partial charge in [-0.25, -0.2) is 13.8 Å². The first-order chi connectivity index (χ1) is 15.5. The number of halogens is 2. The van der Waals surface area contributed by atoms with Gasteiger partial charge in [-0.2, -0.15) is 0 Å². The first-order valence-electron chi connectivity index (χ1n) is 10.3. The van der Waals surface area contributed by atoms with Crippen molar-refractivity contribution in [3.8, 4) is 17.1 Å². The molecule has 3 aromatic carbocycles. The summed E-state index contributed by atoms with van der Waals surface area (Å²) in [5, 5.41) is 0. The number of hydrogen-bond donors (Lipinski definition) is 0. The second-order valence-corrected chi connectivity index (χ2v) is 7.44. The smallest absolute Gasteiger partial charge is 0.253 e. The summed E-state index contributed by atoms with van der Waals surface area (Å²) in [5.74, 6) is -0.572. The SMILES string of the molecule is Cc1cc(=O)n(CCc2ccccc2F)c(-c2cccc(F)c2OCc2ccccc2)n1. The van der Waals surface area contributed by atoms with E-state index >= 15 is 0 Å². The zero-order valence-corrected chi connectivity index (χ0v) is 17.6. The zero-order valence-electron chi connectivity index (χ0n) is 17.6. The average molecular weight is 432 g/mol. The van der Waals surface area contributed by atoms with E-state index in [2.05, 4.69) is 4.98 Å². The Morgan fingerprint density at radius 1 is 0.906 bits per heavy atom. The Kier molecular flexibility index (Phi) is 6.40. The molecule has 0 aliphatic heterocycles. The second-order valence-electron chi connectivity index (χ2n) is 7.44. The third-order valence-electron chi connectivity index (χ3n) is 5.13. The Morgan fingerprint density at radius 2 is 1.62 bits per heavy atom. The Morgan fingerprint density at radius 3 is 2.41 bits per heavy atom. The summed E-state index contributed by atoms with van der Waals surface area (Å²) in [6.07, 6.45) is 0.292. The number of para-hydroxylation sites is 1. The molecule has 0 N–H and O–H groups in total. The van der Waals surface area contributed by atoms with Crippen molar-refractivity contribution in [2.45, 2.75) is 26.5 Å². The van der Waals surface area contributed by atoms with Crippen LogP contribution in [0, 0.1) is 18.6 Å². The van der Waals surface area contributed by atoms with Crippen molar-refractivity contribution >= 4 is 0 Å². The van der Waals surface area contributed by atoms with Crippen LogP contribution in [0.25, 0.3) is 11.4 Å². The lowest BCUT2D eigenvalue weighted by atomic mass is 10.1. The lowest BCUT2D eigenvalue weighted by molar-refractivity contribution is 0.291. The maximum atomic E-state index is 14.8. The standard InChI is InChI=1S/C26H22F2N2O2/c1-18-16-24(31)30(15-14-20-10-5-6-12-22(20)27)26(29-18)21-11-7-13-23(28)25(21)32-17-19-8-3-2-4-9-19/h2-13,16H,14-15,17H2,1H3. The van der Waals surface area contributed by atoms with E-state index in [1.165, 1.54) is 22.8 Å². The van der Waals surface area contributed by atoms with Crippen molar-refractivity contribution < 1.29 is 13.5 Å². The maximum Gasteiger partial charge on any atom is 0.253 e. The number of nitrogens with zero attached hydrogens (tertiary/aromatic N) is 2. The van der Waals surface area contributed by atoms with Gasteiger partial charge in [-0.15, -0.1) is 0 Å². The van der Waals surface area contributed by atoms with Crippen molar-refractivity contribution in [3.05, 3.63) is 118 Å². The number of benzene rings is 3. The molecule has 0 amide bonds. The fraction of sp³-hybridized carbons (Fsp3) is 0.154. The molecule has 0 unspecified atom stereocenters. The van der Waals surface area contributed by atoms with Gasteiger partial charge in [0.1, 0.15) is 18.2 Å². The first-order valence-corrected chi connectivity index (χ1v) is 10.3. The van der Waals surface area contributed by atoms with Gasteiger partial charge in [-0.05, 0) is 42.7 Å². The summed E-state index contributed by atoms with van der Waals surface area (Å²) in [4.78, 5) is 17.3. The number of aromatic nitrogens is 2. The quantitative estimate of drug-likeness (QED) is 0.397. The number of hydrogen-bond acceptors (Lipinski definition) is 3. The van der Waals surface area contributed by atoms with E-state index in [9.17, 15) is 13.6 Å². The molecule has 1 aromatic heterocycles. The third kappa shape index (κ3) is 4.75. The maximum absolute atomic E-state index is 14.8. The molecule has 0 aliphatic rings. The van der Waals surface area contributed by atoms with Gasteiger partial charge >= 0.3 is 0 Å². The molecule has 0 bridgehead atoms. The van der Waals surface area contributed by atoms with Crippen LogP contribution in [0.4, 0.5) is 8.78 Å². The molecule has 32 heavy (non-hydrogen) atoms. The van der Waals surface area contributed by atoms with E-state index < -0.39 is 5.82 Å². The number of ether oxygens (including phenoxy) is 1. The summed E-state index contributed by atoms with van der Waals surface area (Å²) in [7, 11) is 0. The molecule has 6 heteroatoms. The largest absolute Gasteiger partial charge is 0.485 e. The van der Waals surface area contributed by atoms with Crippen molar-refractivity contribution in [2.24, 2.45) is 0 Å². The van der Waals surface area contributed by atoms with Crippen molar-refractivity contribution in [1.82, 2.24) is 9.55 Å². The lowest BCUT2D eigenvalue weighted by Crippen LogP contribution is -2.24. The van der Waals surface area contributed by atoms with E-state index in [-0.39, 0.29) is 36.1 Å². The van der Waals surface area contributed by atoms with Gasteiger partial charge in [0.15, 0.2) is 11.6 Å². The van der Waals surface area contributed by atoms with Crippen LogP contribution in [-0.4, -0.2) is 9.55 Å². The van der Waals surface area contributed by atoms with Crippen LogP contribution >= 0.6 is 0 Å². The number of aryl methyl sites for hydroxylation is 2. The molecule has 4 aromatic rings. The van der Waals surface area contributed by atoms with Gasteiger partial charge in [-0.3, -0.25) is 9.36 Å². The summed E-state index contributed by atoms with van der Waals surface area (Å²) in [6.45, 7) is 2.06. The highest BCUT2D eigenvalue weighted by Gasteiger charge is 2.18. The van der Waals surface area contributed by atoms with E-state index in [1.807, 2.05) is 30.3 Å². The van der Waals surface area contributed by atoms with Gasteiger partial charge in [0, 0.05) is 18.3 Å². The fourth-order valence-corrected chi connectivity index (χ4v) is 3.54. The monoisotopic (exact) mass is 432 g/mol. The van der Waals surface area contributed by atoms with Crippen LogP contribution in [0.1, 0.15) is 16.8 Å². The summed E-state index contributed by atoms with van der Waals surface area (Å²) in [5.41, 5.74) is 1.96. The average Bonchev–Trinajstić information content (AvgIpc) is 2.79. The summed E-state index contributed by atoms with van der Waals surface area (Å²) in [6, 6.07) is 21.8. The van der Waals surface area contributed by atoms with E-state index in [4.69, 9.17) is 4.74 Å². The number of rotatable bonds is 7. The topological polar surface area (TPSA) is 44.1 Å². The Bertz CT molecular complexity index is 1290. The highest BCUT2D eigenvalue weighted by atomic mass is 19.1. The van der Waals surface area contributed by atoms with Crippen LogP contribution in [0.15, 0.2) is 83.7 Å². The molecular weight excluding hydrogens is 410 g/mol. The molecule has 4 rings (SSSR count). The molecule has 0 aliphatic carbocycles. The minimum absolute atomic E-state index is 0.0218. The molecule has 0 saturated carbocycles. The minimum atomic E-state index is -0.546. The molecular formula is C26H22F2N2O2. The molecule has 0 saturated heterocycles. The van der Waals surface area contributed by atoms with E-state index in [1.54, 1.807) is 37.3 Å². The minimum Gasteiger partial charge on any atom is -0.485 e. The van der Waals surface area contributed by atoms with Crippen LogP contribution in [0.5, 0.6) is 5.75 Å². The molecule has 0 spiro atoms. The van der Waals surface area contributed by atoms with Gasteiger partial charge in [0.2, 0.25) is 0 Å². The molecule has 0 atom stereocenters. The van der Waals surface area contributed by atoms with Crippen molar-refractivity contribution in [2.75, 3.05) is 0 Å². The normalized spacial score (nSPS) is 10.8. The zero-order chi connectivity index (χ0) is 22.5. The van der Waals surface area contributed by atoms with E-state index in [0.717, 1.165) is 5.56 Å². The van der Waals surface area contributed by atoms with Gasteiger partial charge in [-0.1, -0.05) is 54.6 Å². The van der Waals surface area contributed by atoms with Crippen LogP contribution in [0.2, 0.25) is 0 Å². The summed E-state index contributed by atoms with van der Waals surface area (Å²) < 4.78 is 36.1. The van der Waals surface area contributed by atoms with Gasteiger partial charge in [0.25, 0.3) is 5.56 Å². The predicted molar refractivity (Wildman–Crippen MR) is 120 cm³/mol.